The minimum absolute atomic E-state index is 0.111. The maximum absolute atomic E-state index is 13.9. The van der Waals surface area contributed by atoms with Crippen LogP contribution in [0.4, 0.5) is 10.1 Å². The van der Waals surface area contributed by atoms with Gasteiger partial charge in [-0.25, -0.2) is 4.39 Å². The zero-order chi connectivity index (χ0) is 27.4. The fourth-order valence-electron chi connectivity index (χ4n) is 3.68. The van der Waals surface area contributed by atoms with E-state index in [1.165, 1.54) is 6.07 Å². The van der Waals surface area contributed by atoms with Crippen LogP contribution in [0.3, 0.4) is 0 Å². The average molecular weight is 534 g/mol. The van der Waals surface area contributed by atoms with E-state index in [1.54, 1.807) is 18.2 Å². The summed E-state index contributed by atoms with van der Waals surface area (Å²) in [5.74, 6) is -0.0530. The molecule has 7 nitrogen and oxygen atoms in total. The molecule has 0 spiro atoms. The van der Waals surface area contributed by atoms with Crippen molar-refractivity contribution in [1.82, 2.24) is 4.90 Å². The van der Waals surface area contributed by atoms with Gasteiger partial charge >= 0.3 is 0 Å². The molecule has 0 saturated carbocycles. The van der Waals surface area contributed by atoms with Crippen molar-refractivity contribution >= 4 is 23.8 Å². The van der Waals surface area contributed by atoms with Crippen LogP contribution >= 0.6 is 11.6 Å². The molecule has 0 N–H and O–H groups in total. The van der Waals surface area contributed by atoms with Crippen LogP contribution in [0.15, 0.2) is 42.5 Å². The molecule has 0 radical (unpaired) electrons. The van der Waals surface area contributed by atoms with Crippen LogP contribution in [-0.2, 0) is 25.5 Å². The zero-order valence-electron chi connectivity index (χ0n) is 22.2. The molecule has 9 heteroatoms. The standard InChI is InChI=1S/C23H27ClFN3O2.C5H10O2/c1-27(2)13-19-15-29-23(30-16-19)9-10-28(20-6-3-17(12-26)4-7-20)14-18-5-8-21(24)22(25)11-18;1-5(2,3)7-4-6/h3-8,11,19,23H,9-10,13-16H2,1-2H3;4H,1-3H3. The molecule has 1 saturated heterocycles. The van der Waals surface area contributed by atoms with E-state index in [0.29, 0.717) is 50.7 Å². The van der Waals surface area contributed by atoms with E-state index >= 15 is 0 Å². The lowest BCUT2D eigenvalue weighted by Gasteiger charge is -2.33. The van der Waals surface area contributed by atoms with Crippen LogP contribution in [-0.4, -0.2) is 63.7 Å². The number of ether oxygens (including phenoxy) is 3. The van der Waals surface area contributed by atoms with E-state index in [1.807, 2.05) is 53.1 Å². The predicted molar refractivity (Wildman–Crippen MR) is 143 cm³/mol. The van der Waals surface area contributed by atoms with Crippen LogP contribution in [0.5, 0.6) is 0 Å². The number of benzene rings is 2. The summed E-state index contributed by atoms with van der Waals surface area (Å²) in [4.78, 5) is 13.9. The quantitative estimate of drug-likeness (QED) is 0.407. The Balaban J connectivity index is 0.000000604. The van der Waals surface area contributed by atoms with Crippen molar-refractivity contribution in [2.45, 2.75) is 45.6 Å². The first-order chi connectivity index (χ1) is 17.5. The Morgan fingerprint density at radius 2 is 1.81 bits per heavy atom. The summed E-state index contributed by atoms with van der Waals surface area (Å²) in [5.41, 5.74) is 2.05. The van der Waals surface area contributed by atoms with Crippen molar-refractivity contribution in [3.63, 3.8) is 0 Å². The summed E-state index contributed by atoms with van der Waals surface area (Å²) in [5, 5.41) is 9.17. The molecular formula is C28H37ClFN3O4. The maximum Gasteiger partial charge on any atom is 0.293 e. The Labute approximate surface area is 224 Å². The Hall–Kier alpha value is -2.70. The van der Waals surface area contributed by atoms with Crippen molar-refractivity contribution in [2.75, 3.05) is 45.3 Å². The van der Waals surface area contributed by atoms with Gasteiger partial charge in [0.1, 0.15) is 11.4 Å². The Bertz CT molecular complexity index is 1010. The van der Waals surface area contributed by atoms with Gasteiger partial charge in [0, 0.05) is 37.7 Å². The van der Waals surface area contributed by atoms with Gasteiger partial charge in [-0.2, -0.15) is 5.26 Å². The number of carbonyl (C=O) groups excluding carboxylic acids is 1. The summed E-state index contributed by atoms with van der Waals surface area (Å²) >= 11 is 5.82. The van der Waals surface area contributed by atoms with E-state index < -0.39 is 5.82 Å². The molecule has 0 amide bonds. The number of hydrogen-bond acceptors (Lipinski definition) is 7. The maximum atomic E-state index is 13.9. The number of halogens is 2. The van der Waals surface area contributed by atoms with Gasteiger partial charge in [-0.05, 0) is 76.8 Å². The van der Waals surface area contributed by atoms with E-state index in [-0.39, 0.29) is 16.9 Å². The normalized spacial score (nSPS) is 17.4. The lowest BCUT2D eigenvalue weighted by atomic mass is 10.1. The second-order valence-corrected chi connectivity index (χ2v) is 10.6. The smallest absolute Gasteiger partial charge is 0.293 e. The van der Waals surface area contributed by atoms with E-state index in [9.17, 15) is 9.18 Å². The molecule has 1 aliphatic heterocycles. The molecule has 0 atom stereocenters. The fraction of sp³-hybridized carbons (Fsp3) is 0.500. The molecular weight excluding hydrogens is 497 g/mol. The summed E-state index contributed by atoms with van der Waals surface area (Å²) in [6.45, 7) is 9.40. The SMILES string of the molecule is CC(C)(C)OC=O.CN(C)CC1COC(CCN(Cc2ccc(Cl)c(F)c2)c2ccc(C#N)cc2)OC1. The third kappa shape index (κ3) is 11.5. The summed E-state index contributed by atoms with van der Waals surface area (Å²) < 4.78 is 30.3. The highest BCUT2D eigenvalue weighted by Crippen LogP contribution is 2.23. The monoisotopic (exact) mass is 533 g/mol. The van der Waals surface area contributed by atoms with E-state index in [4.69, 9.17) is 26.3 Å². The third-order valence-corrected chi connectivity index (χ3v) is 5.72. The average Bonchev–Trinajstić information content (AvgIpc) is 2.84. The molecule has 0 aliphatic carbocycles. The van der Waals surface area contributed by atoms with Crippen LogP contribution in [0.2, 0.25) is 5.02 Å². The van der Waals surface area contributed by atoms with Gasteiger partial charge in [0.2, 0.25) is 0 Å². The second kappa shape index (κ2) is 14.9. The van der Waals surface area contributed by atoms with Gasteiger partial charge in [-0.15, -0.1) is 0 Å². The van der Waals surface area contributed by atoms with Crippen molar-refractivity contribution in [3.8, 4) is 6.07 Å². The fourth-order valence-corrected chi connectivity index (χ4v) is 3.80. The number of anilines is 1. The topological polar surface area (TPSA) is 75.0 Å². The van der Waals surface area contributed by atoms with Crippen molar-refractivity contribution < 1.29 is 23.4 Å². The van der Waals surface area contributed by atoms with Gasteiger partial charge in [0.25, 0.3) is 6.47 Å². The lowest BCUT2D eigenvalue weighted by Crippen LogP contribution is -2.39. The molecule has 1 fully saturated rings. The number of hydrogen-bond donors (Lipinski definition) is 0. The molecule has 0 bridgehead atoms. The molecule has 0 unspecified atom stereocenters. The van der Waals surface area contributed by atoms with Gasteiger partial charge in [0.05, 0.1) is 29.9 Å². The summed E-state index contributed by atoms with van der Waals surface area (Å²) in [7, 11) is 4.09. The van der Waals surface area contributed by atoms with Gasteiger partial charge in [-0.3, -0.25) is 4.79 Å². The molecule has 0 aromatic heterocycles. The lowest BCUT2D eigenvalue weighted by molar-refractivity contribution is -0.203. The largest absolute Gasteiger partial charge is 0.462 e. The molecule has 1 aliphatic rings. The Kier molecular flexibility index (Phi) is 12.3. The molecule has 3 rings (SSSR count). The predicted octanol–water partition coefficient (Wildman–Crippen LogP) is 5.26. The Morgan fingerprint density at radius 1 is 1.16 bits per heavy atom. The minimum Gasteiger partial charge on any atom is -0.462 e. The van der Waals surface area contributed by atoms with Gasteiger partial charge < -0.3 is 24.0 Å². The minimum atomic E-state index is -0.431. The number of nitrogens with zero attached hydrogens (tertiary/aromatic N) is 3. The third-order valence-electron chi connectivity index (χ3n) is 5.41. The first-order valence-electron chi connectivity index (χ1n) is 12.2. The molecule has 1 heterocycles. The number of carbonyl (C=O) groups is 1. The molecule has 37 heavy (non-hydrogen) atoms. The van der Waals surface area contributed by atoms with Crippen LogP contribution in [0.1, 0.15) is 38.3 Å². The van der Waals surface area contributed by atoms with Crippen molar-refractivity contribution in [2.24, 2.45) is 5.92 Å². The molecule has 202 valence electrons. The van der Waals surface area contributed by atoms with Gasteiger partial charge in [0.15, 0.2) is 6.29 Å². The van der Waals surface area contributed by atoms with E-state index in [0.717, 1.165) is 17.8 Å². The highest BCUT2D eigenvalue weighted by Gasteiger charge is 2.23. The van der Waals surface area contributed by atoms with Crippen molar-refractivity contribution in [1.29, 1.82) is 5.26 Å². The highest BCUT2D eigenvalue weighted by molar-refractivity contribution is 6.30. The number of nitriles is 1. The number of rotatable bonds is 9. The summed E-state index contributed by atoms with van der Waals surface area (Å²) in [6.07, 6.45) is 0.427. The van der Waals surface area contributed by atoms with E-state index in [2.05, 4.69) is 20.6 Å². The van der Waals surface area contributed by atoms with Gasteiger partial charge in [-0.1, -0.05) is 17.7 Å². The molecule has 2 aromatic carbocycles. The second-order valence-electron chi connectivity index (χ2n) is 10.2. The van der Waals surface area contributed by atoms with Crippen LogP contribution in [0.25, 0.3) is 0 Å². The summed E-state index contributed by atoms with van der Waals surface area (Å²) in [6, 6.07) is 14.4. The molecule has 2 aromatic rings. The highest BCUT2D eigenvalue weighted by atomic mass is 35.5. The van der Waals surface area contributed by atoms with Crippen LogP contribution < -0.4 is 4.90 Å². The van der Waals surface area contributed by atoms with Crippen LogP contribution in [0, 0.1) is 23.1 Å². The van der Waals surface area contributed by atoms with Crippen molar-refractivity contribution in [3.05, 3.63) is 64.4 Å². The zero-order valence-corrected chi connectivity index (χ0v) is 23.0. The first-order valence-corrected chi connectivity index (χ1v) is 12.6. The first kappa shape index (κ1) is 30.5. The Morgan fingerprint density at radius 3 is 2.30 bits per heavy atom.